The fraction of sp³-hybridized carbons (Fsp3) is 0.385. The van der Waals surface area contributed by atoms with Crippen LogP contribution in [0.5, 0.6) is 0 Å². The van der Waals surface area contributed by atoms with Crippen molar-refractivity contribution in [3.05, 3.63) is 39.9 Å². The highest BCUT2D eigenvalue weighted by molar-refractivity contribution is 7.80. The molecule has 0 bridgehead atoms. The average molecular weight is 308 g/mol. The van der Waals surface area contributed by atoms with Gasteiger partial charge in [0, 0.05) is 19.2 Å². The van der Waals surface area contributed by atoms with Crippen LogP contribution in [0.2, 0.25) is 0 Å². The Morgan fingerprint density at radius 2 is 2.10 bits per heavy atom. The zero-order valence-electron chi connectivity index (χ0n) is 11.5. The van der Waals surface area contributed by atoms with Crippen molar-refractivity contribution in [3.8, 4) is 0 Å². The number of benzene rings is 1. The Morgan fingerprint density at radius 3 is 2.62 bits per heavy atom. The number of carbonyl (C=O) groups excluding carboxylic acids is 1. The van der Waals surface area contributed by atoms with Crippen LogP contribution < -0.4 is 16.2 Å². The maximum Gasteiger partial charge on any atom is 0.269 e. The molecule has 1 aromatic carbocycles. The largest absolute Gasteiger partial charge is 0.364 e. The molecule has 0 aliphatic heterocycles. The van der Waals surface area contributed by atoms with Crippen LogP contribution in [-0.2, 0) is 10.2 Å². The lowest BCUT2D eigenvalue weighted by Gasteiger charge is -2.40. The van der Waals surface area contributed by atoms with Gasteiger partial charge in [0.15, 0.2) is 5.11 Å². The molecular formula is C13H16N4O3S. The average Bonchev–Trinajstić information content (AvgIpc) is 2.43. The first-order valence-electron chi connectivity index (χ1n) is 6.53. The van der Waals surface area contributed by atoms with E-state index in [2.05, 4.69) is 16.2 Å². The zero-order valence-corrected chi connectivity index (χ0v) is 12.3. The number of nitro groups is 1. The van der Waals surface area contributed by atoms with E-state index in [1.807, 2.05) is 0 Å². The van der Waals surface area contributed by atoms with E-state index in [1.54, 1.807) is 19.2 Å². The summed E-state index contributed by atoms with van der Waals surface area (Å²) in [5.41, 5.74) is 5.10. The molecule has 1 aromatic rings. The summed E-state index contributed by atoms with van der Waals surface area (Å²) in [6, 6.07) is 6.24. The number of nitro benzene ring substituents is 1. The van der Waals surface area contributed by atoms with Gasteiger partial charge in [-0.05, 0) is 30.6 Å². The van der Waals surface area contributed by atoms with Crippen LogP contribution in [0.4, 0.5) is 5.69 Å². The predicted octanol–water partition coefficient (Wildman–Crippen LogP) is 1.14. The highest BCUT2D eigenvalue weighted by Gasteiger charge is 2.46. The Labute approximate surface area is 127 Å². The van der Waals surface area contributed by atoms with Crippen LogP contribution in [-0.4, -0.2) is 23.0 Å². The fourth-order valence-electron chi connectivity index (χ4n) is 2.39. The van der Waals surface area contributed by atoms with Crippen molar-refractivity contribution >= 4 is 28.9 Å². The number of nitrogens with one attached hydrogen (secondary N) is 3. The van der Waals surface area contributed by atoms with Crippen LogP contribution >= 0.6 is 12.2 Å². The molecule has 1 fully saturated rings. The Kier molecular flexibility index (Phi) is 4.37. The standard InChI is InChI=1S/C13H16N4O3S/c1-14-12(21)16-15-11(18)13(6-3-7-13)9-4-2-5-10(8-9)17(19)20/h2,4-5,8H,3,6-7H2,1H3,(H,15,18)(H2,14,16,21). The van der Waals surface area contributed by atoms with Crippen molar-refractivity contribution in [1.82, 2.24) is 16.2 Å². The predicted molar refractivity (Wildman–Crippen MR) is 81.6 cm³/mol. The zero-order chi connectivity index (χ0) is 15.5. The van der Waals surface area contributed by atoms with E-state index in [-0.39, 0.29) is 11.6 Å². The molecule has 0 spiro atoms. The Balaban J connectivity index is 2.21. The SMILES string of the molecule is CNC(=S)NNC(=O)C1(c2cccc([N+](=O)[O-])c2)CCC1. The molecule has 1 aliphatic rings. The number of thiocarbonyl (C=S) groups is 1. The van der Waals surface area contributed by atoms with Crippen molar-refractivity contribution in [2.45, 2.75) is 24.7 Å². The molecule has 0 aromatic heterocycles. The minimum absolute atomic E-state index is 0.00900. The van der Waals surface area contributed by atoms with Gasteiger partial charge in [-0.1, -0.05) is 18.6 Å². The molecule has 112 valence electrons. The van der Waals surface area contributed by atoms with Crippen molar-refractivity contribution in [2.24, 2.45) is 0 Å². The second kappa shape index (κ2) is 6.04. The molecular weight excluding hydrogens is 292 g/mol. The van der Waals surface area contributed by atoms with Crippen LogP contribution in [0, 0.1) is 10.1 Å². The number of hydrogen-bond acceptors (Lipinski definition) is 4. The monoisotopic (exact) mass is 308 g/mol. The smallest absolute Gasteiger partial charge is 0.269 e. The maximum atomic E-state index is 12.4. The van der Waals surface area contributed by atoms with Gasteiger partial charge < -0.3 is 5.32 Å². The molecule has 2 rings (SSSR count). The normalized spacial score (nSPS) is 15.5. The van der Waals surface area contributed by atoms with Crippen molar-refractivity contribution < 1.29 is 9.72 Å². The molecule has 0 heterocycles. The summed E-state index contributed by atoms with van der Waals surface area (Å²) in [6.45, 7) is 0. The van der Waals surface area contributed by atoms with Gasteiger partial charge >= 0.3 is 0 Å². The van der Waals surface area contributed by atoms with E-state index in [4.69, 9.17) is 12.2 Å². The van der Waals surface area contributed by atoms with E-state index in [0.29, 0.717) is 23.5 Å². The summed E-state index contributed by atoms with van der Waals surface area (Å²) >= 11 is 4.90. The lowest BCUT2D eigenvalue weighted by Crippen LogP contribution is -2.55. The summed E-state index contributed by atoms with van der Waals surface area (Å²) in [4.78, 5) is 22.8. The maximum absolute atomic E-state index is 12.4. The molecule has 1 saturated carbocycles. The number of carbonyl (C=O) groups is 1. The minimum atomic E-state index is -0.720. The molecule has 0 unspecified atom stereocenters. The van der Waals surface area contributed by atoms with Gasteiger partial charge in [-0.2, -0.15) is 0 Å². The summed E-state index contributed by atoms with van der Waals surface area (Å²) < 4.78 is 0. The number of hydrogen-bond donors (Lipinski definition) is 3. The second-order valence-electron chi connectivity index (χ2n) is 4.90. The summed E-state index contributed by atoms with van der Waals surface area (Å²) in [5, 5.41) is 13.9. The molecule has 8 heteroatoms. The van der Waals surface area contributed by atoms with Gasteiger partial charge in [0.25, 0.3) is 5.69 Å². The van der Waals surface area contributed by atoms with E-state index in [0.717, 1.165) is 6.42 Å². The van der Waals surface area contributed by atoms with Crippen LogP contribution in [0.1, 0.15) is 24.8 Å². The third-order valence-corrected chi connectivity index (χ3v) is 4.07. The van der Waals surface area contributed by atoms with Gasteiger partial charge in [0.1, 0.15) is 0 Å². The molecule has 1 amide bonds. The number of amides is 1. The molecule has 21 heavy (non-hydrogen) atoms. The summed E-state index contributed by atoms with van der Waals surface area (Å²) in [5.74, 6) is -0.230. The van der Waals surface area contributed by atoms with Gasteiger partial charge in [0.2, 0.25) is 5.91 Å². The molecule has 0 atom stereocenters. The Morgan fingerprint density at radius 1 is 1.38 bits per heavy atom. The summed E-state index contributed by atoms with van der Waals surface area (Å²) in [7, 11) is 1.64. The van der Waals surface area contributed by atoms with Gasteiger partial charge in [-0.15, -0.1) is 0 Å². The molecule has 0 radical (unpaired) electrons. The lowest BCUT2D eigenvalue weighted by molar-refractivity contribution is -0.385. The third-order valence-electron chi connectivity index (χ3n) is 3.77. The Hall–Kier alpha value is -2.22. The van der Waals surface area contributed by atoms with Crippen LogP contribution in [0.15, 0.2) is 24.3 Å². The topological polar surface area (TPSA) is 96.3 Å². The fourth-order valence-corrected chi connectivity index (χ4v) is 2.44. The first kappa shape index (κ1) is 15.2. The number of non-ortho nitro benzene ring substituents is 1. The van der Waals surface area contributed by atoms with Gasteiger partial charge in [-0.3, -0.25) is 25.8 Å². The lowest BCUT2D eigenvalue weighted by atomic mass is 9.64. The molecule has 0 saturated heterocycles. The Bertz CT molecular complexity index is 587. The highest BCUT2D eigenvalue weighted by atomic mass is 32.1. The molecule has 3 N–H and O–H groups in total. The van der Waals surface area contributed by atoms with Crippen molar-refractivity contribution in [2.75, 3.05) is 7.05 Å². The van der Waals surface area contributed by atoms with E-state index in [1.165, 1.54) is 12.1 Å². The van der Waals surface area contributed by atoms with E-state index < -0.39 is 10.3 Å². The van der Waals surface area contributed by atoms with Gasteiger partial charge in [-0.25, -0.2) is 0 Å². The quantitative estimate of drug-likeness (QED) is 0.440. The number of hydrazine groups is 1. The minimum Gasteiger partial charge on any atom is -0.364 e. The molecule has 7 nitrogen and oxygen atoms in total. The van der Waals surface area contributed by atoms with Gasteiger partial charge in [0.05, 0.1) is 10.3 Å². The van der Waals surface area contributed by atoms with Crippen LogP contribution in [0.25, 0.3) is 0 Å². The van der Waals surface area contributed by atoms with Crippen molar-refractivity contribution in [1.29, 1.82) is 0 Å². The molecule has 1 aliphatic carbocycles. The first-order chi connectivity index (χ1) is 9.99. The first-order valence-corrected chi connectivity index (χ1v) is 6.93. The number of nitrogens with zero attached hydrogens (tertiary/aromatic N) is 1. The van der Waals surface area contributed by atoms with E-state index >= 15 is 0 Å². The second-order valence-corrected chi connectivity index (χ2v) is 5.31. The van der Waals surface area contributed by atoms with Crippen molar-refractivity contribution in [3.63, 3.8) is 0 Å². The number of rotatable bonds is 3. The van der Waals surface area contributed by atoms with Crippen LogP contribution in [0.3, 0.4) is 0 Å². The highest BCUT2D eigenvalue weighted by Crippen LogP contribution is 2.44. The third kappa shape index (κ3) is 2.94. The summed E-state index contributed by atoms with van der Waals surface area (Å²) in [6.07, 6.45) is 2.23. The van der Waals surface area contributed by atoms with E-state index in [9.17, 15) is 14.9 Å².